The van der Waals surface area contributed by atoms with Crippen molar-refractivity contribution in [2.75, 3.05) is 6.54 Å². The number of nitrogens with zero attached hydrogens (tertiary/aromatic N) is 2. The summed E-state index contributed by atoms with van der Waals surface area (Å²) >= 11 is 1.55. The van der Waals surface area contributed by atoms with Gasteiger partial charge in [0.25, 0.3) is 0 Å². The minimum atomic E-state index is -0.819. The molecule has 6 heteroatoms. The van der Waals surface area contributed by atoms with E-state index in [0.29, 0.717) is 6.54 Å². The topological polar surface area (TPSA) is 62.3 Å². The molecule has 0 aromatic carbocycles. The van der Waals surface area contributed by atoms with Crippen molar-refractivity contribution in [3.63, 3.8) is 0 Å². The molecule has 1 fully saturated rings. The first-order chi connectivity index (χ1) is 7.88. The SMILES string of the molecule is Cc1nc(CN2CC(=O)NC(C)(C)C2=O)cs1. The fraction of sp³-hybridized carbons (Fsp3) is 0.545. The second-order valence-corrected chi connectivity index (χ2v) is 5.75. The van der Waals surface area contributed by atoms with E-state index in [4.69, 9.17) is 0 Å². The van der Waals surface area contributed by atoms with E-state index in [1.54, 1.807) is 30.1 Å². The highest BCUT2D eigenvalue weighted by Crippen LogP contribution is 2.17. The third-order valence-electron chi connectivity index (χ3n) is 2.63. The highest BCUT2D eigenvalue weighted by molar-refractivity contribution is 7.09. The molecule has 0 radical (unpaired) electrons. The molecule has 1 N–H and O–H groups in total. The number of hydrogen-bond donors (Lipinski definition) is 1. The third kappa shape index (κ3) is 2.46. The molecular formula is C11H15N3O2S. The van der Waals surface area contributed by atoms with E-state index in [9.17, 15) is 9.59 Å². The number of thiazole rings is 1. The smallest absolute Gasteiger partial charge is 0.248 e. The number of piperazine rings is 1. The average molecular weight is 253 g/mol. The standard InChI is InChI=1S/C11H15N3O2S/c1-7-12-8(6-17-7)4-14-5-9(15)13-11(2,3)10(14)16/h6H,4-5H2,1-3H3,(H,13,15). The highest BCUT2D eigenvalue weighted by atomic mass is 32.1. The lowest BCUT2D eigenvalue weighted by Crippen LogP contribution is -2.63. The third-order valence-corrected chi connectivity index (χ3v) is 3.45. The van der Waals surface area contributed by atoms with Crippen LogP contribution in [0.2, 0.25) is 0 Å². The van der Waals surface area contributed by atoms with E-state index in [2.05, 4.69) is 10.3 Å². The maximum atomic E-state index is 12.1. The van der Waals surface area contributed by atoms with Crippen LogP contribution < -0.4 is 5.32 Å². The molecule has 1 aliphatic heterocycles. The summed E-state index contributed by atoms with van der Waals surface area (Å²) in [4.78, 5) is 29.5. The molecule has 0 unspecified atom stereocenters. The minimum Gasteiger partial charge on any atom is -0.341 e. The fourth-order valence-electron chi connectivity index (χ4n) is 1.89. The molecule has 1 aromatic rings. The van der Waals surface area contributed by atoms with E-state index >= 15 is 0 Å². The monoisotopic (exact) mass is 253 g/mol. The summed E-state index contributed by atoms with van der Waals surface area (Å²) in [5.41, 5.74) is 0.0202. The number of rotatable bonds is 2. The maximum Gasteiger partial charge on any atom is 0.248 e. The van der Waals surface area contributed by atoms with E-state index in [1.165, 1.54) is 0 Å². The Kier molecular flexibility index (Phi) is 2.91. The van der Waals surface area contributed by atoms with Gasteiger partial charge < -0.3 is 10.2 Å². The molecule has 1 aliphatic rings. The molecule has 2 amide bonds. The normalized spacial score (nSPS) is 19.4. The van der Waals surface area contributed by atoms with Crippen LogP contribution in [0.3, 0.4) is 0 Å². The number of aromatic nitrogens is 1. The molecule has 0 saturated carbocycles. The zero-order valence-electron chi connectivity index (χ0n) is 10.1. The Balaban J connectivity index is 2.15. The van der Waals surface area contributed by atoms with Crippen molar-refractivity contribution in [1.29, 1.82) is 0 Å². The van der Waals surface area contributed by atoms with Gasteiger partial charge in [0.15, 0.2) is 0 Å². The van der Waals surface area contributed by atoms with Crippen LogP contribution in [0.25, 0.3) is 0 Å². The zero-order valence-corrected chi connectivity index (χ0v) is 10.9. The van der Waals surface area contributed by atoms with Crippen molar-refractivity contribution in [2.24, 2.45) is 0 Å². The Morgan fingerprint density at radius 2 is 2.24 bits per heavy atom. The lowest BCUT2D eigenvalue weighted by molar-refractivity contribution is -0.149. The van der Waals surface area contributed by atoms with Gasteiger partial charge in [0, 0.05) is 5.38 Å². The second kappa shape index (κ2) is 4.10. The summed E-state index contributed by atoms with van der Waals surface area (Å²) in [6.45, 7) is 5.86. The molecule has 92 valence electrons. The van der Waals surface area contributed by atoms with Crippen molar-refractivity contribution in [3.8, 4) is 0 Å². The lowest BCUT2D eigenvalue weighted by Gasteiger charge is -2.37. The Hall–Kier alpha value is -1.43. The number of amides is 2. The van der Waals surface area contributed by atoms with Gasteiger partial charge in [0.05, 0.1) is 17.2 Å². The van der Waals surface area contributed by atoms with Gasteiger partial charge in [-0.25, -0.2) is 4.98 Å². The Labute approximate surface area is 104 Å². The first-order valence-corrected chi connectivity index (χ1v) is 6.28. The molecule has 0 atom stereocenters. The van der Waals surface area contributed by atoms with Crippen LogP contribution in [0, 0.1) is 6.92 Å². The summed E-state index contributed by atoms with van der Waals surface area (Å²) < 4.78 is 0. The van der Waals surface area contributed by atoms with Crippen LogP contribution in [0.15, 0.2) is 5.38 Å². The van der Waals surface area contributed by atoms with Gasteiger partial charge in [-0.2, -0.15) is 0 Å². The number of aryl methyl sites for hydroxylation is 1. The van der Waals surface area contributed by atoms with Crippen molar-refractivity contribution >= 4 is 23.2 Å². The van der Waals surface area contributed by atoms with Crippen LogP contribution in [0.5, 0.6) is 0 Å². The molecule has 2 rings (SSSR count). The molecule has 5 nitrogen and oxygen atoms in total. The van der Waals surface area contributed by atoms with Gasteiger partial charge in [-0.3, -0.25) is 9.59 Å². The quantitative estimate of drug-likeness (QED) is 0.843. The minimum absolute atomic E-state index is 0.0669. The van der Waals surface area contributed by atoms with Crippen LogP contribution >= 0.6 is 11.3 Å². The summed E-state index contributed by atoms with van der Waals surface area (Å²) in [6, 6.07) is 0. The van der Waals surface area contributed by atoms with E-state index in [-0.39, 0.29) is 18.4 Å². The molecule has 17 heavy (non-hydrogen) atoms. The Morgan fingerprint density at radius 3 is 2.82 bits per heavy atom. The number of hydrogen-bond acceptors (Lipinski definition) is 4. The maximum absolute atomic E-state index is 12.1. The van der Waals surface area contributed by atoms with Crippen molar-refractivity contribution in [1.82, 2.24) is 15.2 Å². The van der Waals surface area contributed by atoms with Crippen molar-refractivity contribution in [3.05, 3.63) is 16.1 Å². The summed E-state index contributed by atoms with van der Waals surface area (Å²) in [6.07, 6.45) is 0. The van der Waals surface area contributed by atoms with Gasteiger partial charge in [-0.15, -0.1) is 11.3 Å². The Morgan fingerprint density at radius 1 is 1.53 bits per heavy atom. The van der Waals surface area contributed by atoms with E-state index in [1.807, 2.05) is 12.3 Å². The van der Waals surface area contributed by atoms with Crippen LogP contribution in [0.1, 0.15) is 24.5 Å². The summed E-state index contributed by atoms with van der Waals surface area (Å²) in [5, 5.41) is 5.56. The molecule has 0 bridgehead atoms. The van der Waals surface area contributed by atoms with Gasteiger partial charge in [-0.1, -0.05) is 0 Å². The molecule has 1 aromatic heterocycles. The number of nitrogens with one attached hydrogen (secondary N) is 1. The highest BCUT2D eigenvalue weighted by Gasteiger charge is 2.39. The molecule has 2 heterocycles. The molecule has 0 aliphatic carbocycles. The average Bonchev–Trinajstić information content (AvgIpc) is 2.59. The lowest BCUT2D eigenvalue weighted by atomic mass is 10.0. The predicted molar refractivity (Wildman–Crippen MR) is 64.5 cm³/mol. The van der Waals surface area contributed by atoms with Crippen molar-refractivity contribution in [2.45, 2.75) is 32.9 Å². The van der Waals surface area contributed by atoms with E-state index in [0.717, 1.165) is 10.7 Å². The first kappa shape index (κ1) is 12.0. The Bertz CT molecular complexity index is 467. The molecule has 0 spiro atoms. The van der Waals surface area contributed by atoms with Crippen LogP contribution in [-0.2, 0) is 16.1 Å². The zero-order chi connectivity index (χ0) is 12.6. The van der Waals surface area contributed by atoms with Gasteiger partial charge >= 0.3 is 0 Å². The largest absolute Gasteiger partial charge is 0.341 e. The van der Waals surface area contributed by atoms with Gasteiger partial charge in [0.2, 0.25) is 11.8 Å². The predicted octanol–water partition coefficient (Wildman–Crippen LogP) is 0.689. The van der Waals surface area contributed by atoms with Crippen molar-refractivity contribution < 1.29 is 9.59 Å². The molecule has 1 saturated heterocycles. The van der Waals surface area contributed by atoms with Gasteiger partial charge in [-0.05, 0) is 20.8 Å². The van der Waals surface area contributed by atoms with Crippen LogP contribution in [0.4, 0.5) is 0 Å². The first-order valence-electron chi connectivity index (χ1n) is 5.40. The van der Waals surface area contributed by atoms with Crippen LogP contribution in [-0.4, -0.2) is 33.8 Å². The second-order valence-electron chi connectivity index (χ2n) is 4.69. The number of carbonyl (C=O) groups is 2. The fourth-order valence-corrected chi connectivity index (χ4v) is 2.49. The molecular weight excluding hydrogens is 238 g/mol. The van der Waals surface area contributed by atoms with E-state index < -0.39 is 5.54 Å². The summed E-state index contributed by atoms with van der Waals surface area (Å²) in [7, 11) is 0. The van der Waals surface area contributed by atoms with Gasteiger partial charge in [0.1, 0.15) is 12.1 Å². The summed E-state index contributed by atoms with van der Waals surface area (Å²) in [5.74, 6) is -0.190. The number of carbonyl (C=O) groups excluding carboxylic acids is 2.